The number of carbonyl (C=O) groups is 1. The summed E-state index contributed by atoms with van der Waals surface area (Å²) in [6, 6.07) is 5.21. The molecule has 4 nitrogen and oxygen atoms in total. The van der Waals surface area contributed by atoms with E-state index < -0.39 is 5.97 Å². The Kier molecular flexibility index (Phi) is 4.58. The van der Waals surface area contributed by atoms with E-state index in [0.717, 1.165) is 23.8 Å². The molecule has 0 spiro atoms. The lowest BCUT2D eigenvalue weighted by molar-refractivity contribution is 0.0697. The molecular formula is C14H20N2O2S. The van der Waals surface area contributed by atoms with E-state index in [9.17, 15) is 4.79 Å². The van der Waals surface area contributed by atoms with Gasteiger partial charge in [0.1, 0.15) is 0 Å². The topological polar surface area (TPSA) is 75.3 Å². The van der Waals surface area contributed by atoms with Gasteiger partial charge in [-0.25, -0.2) is 4.79 Å². The molecule has 0 aliphatic heterocycles. The second-order valence-electron chi connectivity index (χ2n) is 4.96. The predicted octanol–water partition coefficient (Wildman–Crippen LogP) is 3.05. The number of hydrogen-bond donors (Lipinski definition) is 3. The van der Waals surface area contributed by atoms with Crippen LogP contribution in [0.4, 0.5) is 11.4 Å². The Morgan fingerprint density at radius 2 is 2.05 bits per heavy atom. The number of rotatable bonds is 4. The summed E-state index contributed by atoms with van der Waals surface area (Å²) in [5.74, 6) is -0.922. The third-order valence-corrected chi connectivity index (χ3v) is 4.81. The molecule has 0 bridgehead atoms. The van der Waals surface area contributed by atoms with Crippen molar-refractivity contribution < 1.29 is 9.90 Å². The fourth-order valence-electron chi connectivity index (χ4n) is 2.48. The highest BCUT2D eigenvalue weighted by Gasteiger charge is 2.21. The van der Waals surface area contributed by atoms with Crippen LogP contribution in [0, 0.1) is 0 Å². The summed E-state index contributed by atoms with van der Waals surface area (Å²) < 4.78 is 0. The fourth-order valence-corrected chi connectivity index (χ4v) is 3.22. The Morgan fingerprint density at radius 1 is 1.37 bits per heavy atom. The molecule has 104 valence electrons. The van der Waals surface area contributed by atoms with Crippen LogP contribution in [0.5, 0.6) is 0 Å². The van der Waals surface area contributed by atoms with Crippen molar-refractivity contribution in [3.63, 3.8) is 0 Å². The highest BCUT2D eigenvalue weighted by atomic mass is 32.2. The molecule has 5 heteroatoms. The molecule has 1 saturated carbocycles. The molecule has 1 aromatic rings. The molecule has 0 aromatic heterocycles. The highest BCUT2D eigenvalue weighted by Crippen LogP contribution is 2.30. The van der Waals surface area contributed by atoms with Crippen LogP contribution in [0.2, 0.25) is 0 Å². The van der Waals surface area contributed by atoms with Gasteiger partial charge in [-0.1, -0.05) is 0 Å². The molecule has 19 heavy (non-hydrogen) atoms. The minimum absolute atomic E-state index is 0.273. The summed E-state index contributed by atoms with van der Waals surface area (Å²) in [5.41, 5.74) is 7.52. The Hall–Kier alpha value is -1.36. The van der Waals surface area contributed by atoms with Crippen LogP contribution in [-0.2, 0) is 0 Å². The summed E-state index contributed by atoms with van der Waals surface area (Å²) >= 11 is 1.93. The van der Waals surface area contributed by atoms with Crippen LogP contribution in [0.15, 0.2) is 18.2 Å². The van der Waals surface area contributed by atoms with E-state index >= 15 is 0 Å². The van der Waals surface area contributed by atoms with E-state index in [1.165, 1.54) is 18.9 Å². The zero-order valence-electron chi connectivity index (χ0n) is 11.1. The first-order valence-corrected chi connectivity index (χ1v) is 7.81. The number of nitrogen functional groups attached to an aromatic ring is 1. The van der Waals surface area contributed by atoms with Crippen molar-refractivity contribution >= 4 is 29.1 Å². The monoisotopic (exact) mass is 280 g/mol. The maximum absolute atomic E-state index is 11.0. The van der Waals surface area contributed by atoms with Crippen LogP contribution in [-0.4, -0.2) is 28.6 Å². The molecular weight excluding hydrogens is 260 g/mol. The first-order chi connectivity index (χ1) is 9.10. The van der Waals surface area contributed by atoms with Crippen molar-refractivity contribution in [3.8, 4) is 0 Å². The molecule has 1 aliphatic carbocycles. The zero-order chi connectivity index (χ0) is 13.8. The van der Waals surface area contributed by atoms with Crippen LogP contribution < -0.4 is 11.1 Å². The van der Waals surface area contributed by atoms with Crippen molar-refractivity contribution in [2.75, 3.05) is 17.3 Å². The summed E-state index contributed by atoms with van der Waals surface area (Å²) in [4.78, 5) is 11.0. The van der Waals surface area contributed by atoms with Gasteiger partial charge in [-0.2, -0.15) is 11.8 Å². The third kappa shape index (κ3) is 3.56. The van der Waals surface area contributed by atoms with Crippen LogP contribution in [0.1, 0.15) is 36.0 Å². The second-order valence-corrected chi connectivity index (χ2v) is 6.10. The van der Waals surface area contributed by atoms with Crippen LogP contribution in [0.25, 0.3) is 0 Å². The smallest absolute Gasteiger partial charge is 0.335 e. The average Bonchev–Trinajstić information content (AvgIpc) is 2.42. The number of anilines is 2. The molecule has 0 amide bonds. The minimum atomic E-state index is -0.922. The van der Waals surface area contributed by atoms with Crippen molar-refractivity contribution in [1.29, 1.82) is 0 Å². The van der Waals surface area contributed by atoms with Crippen molar-refractivity contribution in [1.82, 2.24) is 0 Å². The van der Waals surface area contributed by atoms with E-state index in [2.05, 4.69) is 11.6 Å². The Balaban J connectivity index is 2.03. The van der Waals surface area contributed by atoms with Crippen LogP contribution >= 0.6 is 11.8 Å². The lowest BCUT2D eigenvalue weighted by atomic mass is 9.94. The molecule has 0 saturated heterocycles. The van der Waals surface area contributed by atoms with Gasteiger partial charge in [-0.3, -0.25) is 0 Å². The van der Waals surface area contributed by atoms with Crippen molar-refractivity contribution in [2.45, 2.75) is 37.0 Å². The molecule has 2 rings (SSSR count). The quantitative estimate of drug-likeness (QED) is 0.739. The Labute approximate surface area is 117 Å². The largest absolute Gasteiger partial charge is 0.478 e. The second kappa shape index (κ2) is 6.19. The number of hydrogen-bond acceptors (Lipinski definition) is 4. The van der Waals surface area contributed by atoms with Gasteiger partial charge in [0.2, 0.25) is 0 Å². The predicted molar refractivity (Wildman–Crippen MR) is 81.0 cm³/mol. The first-order valence-electron chi connectivity index (χ1n) is 6.52. The lowest BCUT2D eigenvalue weighted by Gasteiger charge is -2.29. The van der Waals surface area contributed by atoms with E-state index in [1.807, 2.05) is 11.8 Å². The number of nitrogens with two attached hydrogens (primary N) is 1. The van der Waals surface area contributed by atoms with E-state index in [0.29, 0.717) is 11.7 Å². The van der Waals surface area contributed by atoms with E-state index in [1.54, 1.807) is 12.1 Å². The average molecular weight is 280 g/mol. The highest BCUT2D eigenvalue weighted by molar-refractivity contribution is 7.99. The Bertz CT molecular complexity index is 457. The van der Waals surface area contributed by atoms with Gasteiger partial charge in [0.15, 0.2) is 0 Å². The van der Waals surface area contributed by atoms with E-state index in [-0.39, 0.29) is 5.56 Å². The maximum Gasteiger partial charge on any atom is 0.335 e. The standard InChI is InChI=1S/C14H20N2O2S/c1-19-11-5-3-10(4-6-11)16-13-8-9(14(17)18)2-7-12(13)15/h2,7-8,10-11,16H,3-6,15H2,1H3,(H,17,18). The van der Waals surface area contributed by atoms with Gasteiger partial charge >= 0.3 is 5.97 Å². The zero-order valence-corrected chi connectivity index (χ0v) is 11.9. The number of benzene rings is 1. The third-order valence-electron chi connectivity index (χ3n) is 3.67. The SMILES string of the molecule is CSC1CCC(Nc2cc(C(=O)O)ccc2N)CC1. The van der Waals surface area contributed by atoms with Crippen molar-refractivity contribution in [2.24, 2.45) is 0 Å². The molecule has 1 fully saturated rings. The molecule has 0 heterocycles. The summed E-state index contributed by atoms with van der Waals surface area (Å²) in [6.45, 7) is 0. The number of thioether (sulfide) groups is 1. The summed E-state index contributed by atoms with van der Waals surface area (Å²) in [7, 11) is 0. The van der Waals surface area contributed by atoms with Gasteiger partial charge in [-0.15, -0.1) is 0 Å². The molecule has 0 unspecified atom stereocenters. The van der Waals surface area contributed by atoms with Gasteiger partial charge in [0.25, 0.3) is 0 Å². The van der Waals surface area contributed by atoms with Crippen molar-refractivity contribution in [3.05, 3.63) is 23.8 Å². The van der Waals surface area contributed by atoms with Gasteiger partial charge in [0.05, 0.1) is 16.9 Å². The number of nitrogens with one attached hydrogen (secondary N) is 1. The first kappa shape index (κ1) is 14.1. The number of carboxylic acid groups (broad SMARTS) is 1. The van der Waals surface area contributed by atoms with Gasteiger partial charge < -0.3 is 16.2 Å². The maximum atomic E-state index is 11.0. The lowest BCUT2D eigenvalue weighted by Crippen LogP contribution is -2.27. The fraction of sp³-hybridized carbons (Fsp3) is 0.500. The van der Waals surface area contributed by atoms with Crippen LogP contribution in [0.3, 0.4) is 0 Å². The van der Waals surface area contributed by atoms with Gasteiger partial charge in [0, 0.05) is 11.3 Å². The van der Waals surface area contributed by atoms with Gasteiger partial charge in [-0.05, 0) is 50.1 Å². The molecule has 0 radical (unpaired) electrons. The molecule has 1 aromatic carbocycles. The number of carboxylic acids is 1. The minimum Gasteiger partial charge on any atom is -0.478 e. The normalized spacial score (nSPS) is 23.0. The molecule has 1 aliphatic rings. The molecule has 4 N–H and O–H groups in total. The summed E-state index contributed by atoms with van der Waals surface area (Å²) in [6.07, 6.45) is 6.80. The summed E-state index contributed by atoms with van der Waals surface area (Å²) in [5, 5.41) is 13.2. The molecule has 0 atom stereocenters. The Morgan fingerprint density at radius 3 is 2.63 bits per heavy atom. The number of aromatic carboxylic acids is 1. The van der Waals surface area contributed by atoms with E-state index in [4.69, 9.17) is 10.8 Å².